The molecular formula is C15H12BrF2NO. The molecule has 2 nitrogen and oxygen atoms in total. The Morgan fingerprint density at radius 3 is 2.45 bits per heavy atom. The van der Waals surface area contributed by atoms with E-state index in [-0.39, 0.29) is 4.47 Å². The third-order valence-electron chi connectivity index (χ3n) is 2.83. The smallest absolute Gasteiger partial charge is 0.261 e. The van der Waals surface area contributed by atoms with Crippen LogP contribution in [0.5, 0.6) is 0 Å². The van der Waals surface area contributed by atoms with E-state index >= 15 is 0 Å². The highest BCUT2D eigenvalue weighted by molar-refractivity contribution is 9.10. The molecule has 0 unspecified atom stereocenters. The Balaban J connectivity index is 2.28. The van der Waals surface area contributed by atoms with Crippen molar-refractivity contribution in [2.75, 3.05) is 5.32 Å². The molecular weight excluding hydrogens is 328 g/mol. The lowest BCUT2D eigenvalue weighted by Crippen LogP contribution is -2.16. The maximum absolute atomic E-state index is 13.7. The number of nitrogens with one attached hydrogen (secondary N) is 1. The third-order valence-corrected chi connectivity index (χ3v) is 3.28. The molecule has 104 valence electrons. The number of rotatable bonds is 3. The van der Waals surface area contributed by atoms with Crippen LogP contribution in [-0.4, -0.2) is 5.91 Å². The number of amides is 1. The van der Waals surface area contributed by atoms with Gasteiger partial charge in [-0.15, -0.1) is 0 Å². The number of carbonyl (C=O) groups is 1. The quantitative estimate of drug-likeness (QED) is 0.873. The van der Waals surface area contributed by atoms with Gasteiger partial charge in [0.25, 0.3) is 5.91 Å². The van der Waals surface area contributed by atoms with E-state index in [0.29, 0.717) is 5.69 Å². The Labute approximate surface area is 123 Å². The number of hydrogen-bond acceptors (Lipinski definition) is 1. The summed E-state index contributed by atoms with van der Waals surface area (Å²) in [5, 5.41) is 2.50. The predicted molar refractivity (Wildman–Crippen MR) is 77.8 cm³/mol. The number of hydrogen-bond donors (Lipinski definition) is 1. The van der Waals surface area contributed by atoms with E-state index in [1.807, 2.05) is 13.0 Å². The maximum atomic E-state index is 13.7. The van der Waals surface area contributed by atoms with Crippen molar-refractivity contribution in [2.24, 2.45) is 0 Å². The number of halogens is 3. The molecule has 20 heavy (non-hydrogen) atoms. The Bertz CT molecular complexity index is 635. The Morgan fingerprint density at radius 1 is 1.20 bits per heavy atom. The van der Waals surface area contributed by atoms with E-state index in [4.69, 9.17) is 0 Å². The zero-order valence-electron chi connectivity index (χ0n) is 10.7. The van der Waals surface area contributed by atoms with E-state index in [1.54, 1.807) is 18.2 Å². The summed E-state index contributed by atoms with van der Waals surface area (Å²) in [5.41, 5.74) is 0.950. The van der Waals surface area contributed by atoms with E-state index in [9.17, 15) is 13.6 Å². The molecule has 0 radical (unpaired) electrons. The summed E-state index contributed by atoms with van der Waals surface area (Å²) >= 11 is 2.97. The van der Waals surface area contributed by atoms with Crippen molar-refractivity contribution in [3.05, 3.63) is 63.6 Å². The molecule has 0 aliphatic carbocycles. The Hall–Kier alpha value is -1.75. The van der Waals surface area contributed by atoms with Crippen molar-refractivity contribution in [2.45, 2.75) is 13.3 Å². The Morgan fingerprint density at radius 2 is 1.85 bits per heavy atom. The van der Waals surface area contributed by atoms with Gasteiger partial charge in [0.15, 0.2) is 0 Å². The molecule has 0 aliphatic heterocycles. The number of carbonyl (C=O) groups excluding carboxylic acids is 1. The first kappa shape index (κ1) is 14.7. The predicted octanol–water partition coefficient (Wildman–Crippen LogP) is 4.54. The van der Waals surface area contributed by atoms with Crippen LogP contribution < -0.4 is 5.32 Å². The molecule has 0 atom stereocenters. The molecule has 1 amide bonds. The van der Waals surface area contributed by atoms with Gasteiger partial charge in [-0.25, -0.2) is 8.78 Å². The molecule has 0 saturated carbocycles. The second-order valence-corrected chi connectivity index (χ2v) is 5.17. The second kappa shape index (κ2) is 6.13. The molecule has 1 N–H and O–H groups in total. The van der Waals surface area contributed by atoms with Gasteiger partial charge in [0.2, 0.25) is 0 Å². The van der Waals surface area contributed by atoms with E-state index in [1.165, 1.54) is 0 Å². The average Bonchev–Trinajstić information content (AvgIpc) is 2.37. The van der Waals surface area contributed by atoms with Crippen molar-refractivity contribution in [1.29, 1.82) is 0 Å². The van der Waals surface area contributed by atoms with Crippen LogP contribution in [0.4, 0.5) is 14.5 Å². The minimum absolute atomic E-state index is 0.247. The maximum Gasteiger partial charge on any atom is 0.261 e. The molecule has 5 heteroatoms. The summed E-state index contributed by atoms with van der Waals surface area (Å²) in [5.74, 6) is -2.61. The lowest BCUT2D eigenvalue weighted by molar-refractivity contribution is 0.101. The Kier molecular flexibility index (Phi) is 4.49. The monoisotopic (exact) mass is 339 g/mol. The van der Waals surface area contributed by atoms with Gasteiger partial charge in [-0.2, -0.15) is 0 Å². The highest BCUT2D eigenvalue weighted by atomic mass is 79.9. The zero-order chi connectivity index (χ0) is 14.7. The SMILES string of the molecule is CCc1cccc(NC(=O)c2c(F)cc(Br)cc2F)c1. The van der Waals surface area contributed by atoms with Crippen LogP contribution in [0.1, 0.15) is 22.8 Å². The van der Waals surface area contributed by atoms with Gasteiger partial charge < -0.3 is 5.32 Å². The van der Waals surface area contributed by atoms with Crippen LogP contribution in [0, 0.1) is 11.6 Å². The normalized spacial score (nSPS) is 10.4. The molecule has 2 aromatic carbocycles. The second-order valence-electron chi connectivity index (χ2n) is 4.25. The van der Waals surface area contributed by atoms with E-state index in [0.717, 1.165) is 24.1 Å². The fraction of sp³-hybridized carbons (Fsp3) is 0.133. The van der Waals surface area contributed by atoms with Crippen molar-refractivity contribution in [1.82, 2.24) is 0 Å². The van der Waals surface area contributed by atoms with Gasteiger partial charge in [0, 0.05) is 10.2 Å². The fourth-order valence-electron chi connectivity index (χ4n) is 1.82. The molecule has 0 spiro atoms. The van der Waals surface area contributed by atoms with Gasteiger partial charge in [0.05, 0.1) is 0 Å². The first-order valence-corrected chi connectivity index (χ1v) is 6.85. The molecule has 0 saturated heterocycles. The van der Waals surface area contributed by atoms with Crippen LogP contribution in [0.15, 0.2) is 40.9 Å². The number of anilines is 1. The van der Waals surface area contributed by atoms with Gasteiger partial charge in [-0.3, -0.25) is 4.79 Å². The van der Waals surface area contributed by atoms with E-state index in [2.05, 4.69) is 21.2 Å². The standard InChI is InChI=1S/C15H12BrF2NO/c1-2-9-4-3-5-11(6-9)19-15(20)14-12(17)7-10(16)8-13(14)18/h3-8H,2H2,1H3,(H,19,20). The lowest BCUT2D eigenvalue weighted by Gasteiger charge is -2.08. The van der Waals surface area contributed by atoms with Crippen LogP contribution in [0.3, 0.4) is 0 Å². The van der Waals surface area contributed by atoms with Gasteiger partial charge in [-0.05, 0) is 36.2 Å². The summed E-state index contributed by atoms with van der Waals surface area (Å²) in [6.45, 7) is 1.98. The van der Waals surface area contributed by atoms with Gasteiger partial charge in [0.1, 0.15) is 17.2 Å². The van der Waals surface area contributed by atoms with Gasteiger partial charge >= 0.3 is 0 Å². The van der Waals surface area contributed by atoms with E-state index < -0.39 is 23.1 Å². The highest BCUT2D eigenvalue weighted by Gasteiger charge is 2.18. The summed E-state index contributed by atoms with van der Waals surface area (Å²) in [6.07, 6.45) is 0.810. The fourth-order valence-corrected chi connectivity index (χ4v) is 2.22. The van der Waals surface area contributed by atoms with Gasteiger partial charge in [-0.1, -0.05) is 35.0 Å². The molecule has 2 rings (SSSR count). The number of aryl methyl sites for hydroxylation is 1. The summed E-state index contributed by atoms with van der Waals surface area (Å²) in [7, 11) is 0. The van der Waals surface area contributed by atoms with Crippen molar-refractivity contribution in [3.8, 4) is 0 Å². The van der Waals surface area contributed by atoms with Crippen LogP contribution >= 0.6 is 15.9 Å². The molecule has 2 aromatic rings. The van der Waals surface area contributed by atoms with Crippen molar-refractivity contribution >= 4 is 27.5 Å². The molecule has 0 bridgehead atoms. The molecule has 0 aliphatic rings. The lowest BCUT2D eigenvalue weighted by atomic mass is 10.1. The highest BCUT2D eigenvalue weighted by Crippen LogP contribution is 2.21. The number of benzene rings is 2. The summed E-state index contributed by atoms with van der Waals surface area (Å²) in [6, 6.07) is 9.25. The molecule has 0 aromatic heterocycles. The zero-order valence-corrected chi connectivity index (χ0v) is 12.3. The molecule has 0 heterocycles. The minimum atomic E-state index is -0.902. The molecule has 0 fully saturated rings. The first-order valence-electron chi connectivity index (χ1n) is 6.06. The summed E-state index contributed by atoms with van der Waals surface area (Å²) in [4.78, 5) is 12.0. The topological polar surface area (TPSA) is 29.1 Å². The summed E-state index contributed by atoms with van der Waals surface area (Å²) < 4.78 is 27.6. The van der Waals surface area contributed by atoms with Crippen molar-refractivity contribution in [3.63, 3.8) is 0 Å². The van der Waals surface area contributed by atoms with Crippen LogP contribution in [-0.2, 0) is 6.42 Å². The third kappa shape index (κ3) is 3.22. The largest absolute Gasteiger partial charge is 0.322 e. The van der Waals surface area contributed by atoms with Crippen LogP contribution in [0.2, 0.25) is 0 Å². The first-order chi connectivity index (χ1) is 9.51. The minimum Gasteiger partial charge on any atom is -0.322 e. The van der Waals surface area contributed by atoms with Crippen molar-refractivity contribution < 1.29 is 13.6 Å². The average molecular weight is 340 g/mol. The van der Waals surface area contributed by atoms with Crippen LogP contribution in [0.25, 0.3) is 0 Å².